The van der Waals surface area contributed by atoms with Crippen molar-refractivity contribution in [1.29, 1.82) is 0 Å². The van der Waals surface area contributed by atoms with Gasteiger partial charge in [-0.3, -0.25) is 4.79 Å². The number of amides is 1. The molecule has 1 N–H and O–H groups in total. The Hall–Kier alpha value is -0.780. The van der Waals surface area contributed by atoms with E-state index in [-0.39, 0.29) is 30.5 Å². The van der Waals surface area contributed by atoms with E-state index in [1.54, 1.807) is 0 Å². The van der Waals surface area contributed by atoms with Crippen molar-refractivity contribution in [2.24, 2.45) is 0 Å². The Balaban J connectivity index is 0.00000264. The smallest absolute Gasteiger partial charge is 0.258 e. The van der Waals surface area contributed by atoms with Crippen LogP contribution in [0.4, 0.5) is 0 Å². The Morgan fingerprint density at radius 1 is 1.22 bits per heavy atom. The SMILES string of the molecule is CN(C)C1(CNC(=O)COc2ccc(Br)cc2)CCCCC1.Cl. The number of carbonyl (C=O) groups is 1. The van der Waals surface area contributed by atoms with Crippen molar-refractivity contribution in [2.45, 2.75) is 37.6 Å². The van der Waals surface area contributed by atoms with Gasteiger partial charge in [-0.15, -0.1) is 12.4 Å². The Morgan fingerprint density at radius 3 is 2.39 bits per heavy atom. The first-order chi connectivity index (χ1) is 10.5. The van der Waals surface area contributed by atoms with Crippen molar-refractivity contribution in [3.05, 3.63) is 28.7 Å². The molecule has 0 atom stereocenters. The maximum Gasteiger partial charge on any atom is 0.258 e. The van der Waals surface area contributed by atoms with Crippen LogP contribution >= 0.6 is 28.3 Å². The van der Waals surface area contributed by atoms with Gasteiger partial charge in [0.15, 0.2) is 6.61 Å². The van der Waals surface area contributed by atoms with E-state index in [0.717, 1.165) is 17.3 Å². The minimum Gasteiger partial charge on any atom is -0.484 e. The largest absolute Gasteiger partial charge is 0.484 e. The molecule has 0 heterocycles. The van der Waals surface area contributed by atoms with Crippen molar-refractivity contribution in [1.82, 2.24) is 10.2 Å². The highest BCUT2D eigenvalue weighted by Gasteiger charge is 2.34. The van der Waals surface area contributed by atoms with E-state index in [0.29, 0.717) is 12.3 Å². The molecule has 1 aliphatic rings. The minimum absolute atomic E-state index is 0. The predicted octanol–water partition coefficient (Wildman–Crippen LogP) is 3.63. The second-order valence-corrected chi connectivity index (χ2v) is 7.11. The third kappa shape index (κ3) is 5.98. The van der Waals surface area contributed by atoms with Crippen molar-refractivity contribution < 1.29 is 9.53 Å². The molecule has 1 amide bonds. The van der Waals surface area contributed by atoms with E-state index in [1.165, 1.54) is 19.3 Å². The van der Waals surface area contributed by atoms with Gasteiger partial charge in [0.1, 0.15) is 5.75 Å². The summed E-state index contributed by atoms with van der Waals surface area (Å²) in [6.45, 7) is 0.758. The molecule has 2 rings (SSSR count). The Morgan fingerprint density at radius 2 is 1.83 bits per heavy atom. The van der Waals surface area contributed by atoms with Crippen LogP contribution in [-0.2, 0) is 4.79 Å². The number of likely N-dealkylation sites (N-methyl/N-ethyl adjacent to an activating group) is 1. The fourth-order valence-corrected chi connectivity index (χ4v) is 3.25. The van der Waals surface area contributed by atoms with Crippen LogP contribution in [0, 0.1) is 0 Å². The summed E-state index contributed by atoms with van der Waals surface area (Å²) in [5.41, 5.74) is 0.103. The lowest BCUT2D eigenvalue weighted by Crippen LogP contribution is -2.54. The number of halogens is 2. The first-order valence-electron chi connectivity index (χ1n) is 7.84. The molecule has 1 saturated carbocycles. The molecule has 1 aromatic carbocycles. The molecule has 23 heavy (non-hydrogen) atoms. The number of rotatable bonds is 6. The Labute approximate surface area is 153 Å². The monoisotopic (exact) mass is 404 g/mol. The van der Waals surface area contributed by atoms with Gasteiger partial charge in [-0.05, 0) is 51.2 Å². The third-order valence-electron chi connectivity index (χ3n) is 4.53. The van der Waals surface area contributed by atoms with Crippen LogP contribution in [0.1, 0.15) is 32.1 Å². The standard InChI is InChI=1S/C17H25BrN2O2.ClH/c1-20(2)17(10-4-3-5-11-17)13-19-16(21)12-22-15-8-6-14(18)7-9-15;/h6-9H,3-5,10-13H2,1-2H3,(H,19,21);1H. The van der Waals surface area contributed by atoms with Gasteiger partial charge in [-0.2, -0.15) is 0 Å². The molecule has 0 radical (unpaired) electrons. The summed E-state index contributed by atoms with van der Waals surface area (Å²) in [4.78, 5) is 14.3. The number of ether oxygens (including phenoxy) is 1. The van der Waals surface area contributed by atoms with Gasteiger partial charge in [0, 0.05) is 16.6 Å². The van der Waals surface area contributed by atoms with Gasteiger partial charge < -0.3 is 15.0 Å². The normalized spacial score (nSPS) is 16.5. The van der Waals surface area contributed by atoms with E-state index in [2.05, 4.69) is 40.2 Å². The van der Waals surface area contributed by atoms with Gasteiger partial charge in [-0.25, -0.2) is 0 Å². The average Bonchev–Trinajstić information content (AvgIpc) is 2.53. The summed E-state index contributed by atoms with van der Waals surface area (Å²) < 4.78 is 6.50. The number of hydrogen-bond acceptors (Lipinski definition) is 3. The van der Waals surface area contributed by atoms with Crippen molar-refractivity contribution in [3.8, 4) is 5.75 Å². The zero-order chi connectivity index (χ0) is 16.0. The maximum absolute atomic E-state index is 12.0. The summed E-state index contributed by atoms with van der Waals surface area (Å²) in [5, 5.41) is 3.04. The van der Waals surface area contributed by atoms with Gasteiger partial charge >= 0.3 is 0 Å². The first-order valence-corrected chi connectivity index (χ1v) is 8.64. The average molecular weight is 406 g/mol. The quantitative estimate of drug-likeness (QED) is 0.786. The zero-order valence-corrected chi connectivity index (χ0v) is 16.2. The van der Waals surface area contributed by atoms with E-state index >= 15 is 0 Å². The molecular formula is C17H26BrClN2O2. The zero-order valence-electron chi connectivity index (χ0n) is 13.8. The number of nitrogens with one attached hydrogen (secondary N) is 1. The molecule has 4 nitrogen and oxygen atoms in total. The van der Waals surface area contributed by atoms with E-state index in [1.807, 2.05) is 24.3 Å². The van der Waals surface area contributed by atoms with Crippen LogP contribution in [0.5, 0.6) is 5.75 Å². The summed E-state index contributed by atoms with van der Waals surface area (Å²) in [6, 6.07) is 7.49. The Bertz CT molecular complexity index is 488. The van der Waals surface area contributed by atoms with Crippen LogP contribution in [0.25, 0.3) is 0 Å². The lowest BCUT2D eigenvalue weighted by molar-refractivity contribution is -0.123. The lowest BCUT2D eigenvalue weighted by Gasteiger charge is -2.43. The van der Waals surface area contributed by atoms with Crippen LogP contribution < -0.4 is 10.1 Å². The first kappa shape index (κ1) is 20.3. The molecule has 0 saturated heterocycles. The van der Waals surface area contributed by atoms with Crippen LogP contribution in [0.15, 0.2) is 28.7 Å². The molecule has 0 aliphatic heterocycles. The summed E-state index contributed by atoms with van der Waals surface area (Å²) in [6.07, 6.45) is 6.07. The van der Waals surface area contributed by atoms with Gasteiger partial charge in [0.2, 0.25) is 0 Å². The minimum atomic E-state index is -0.0604. The highest BCUT2D eigenvalue weighted by molar-refractivity contribution is 9.10. The summed E-state index contributed by atoms with van der Waals surface area (Å²) in [5.74, 6) is 0.646. The van der Waals surface area contributed by atoms with E-state index in [4.69, 9.17) is 4.74 Å². The highest BCUT2D eigenvalue weighted by atomic mass is 79.9. The van der Waals surface area contributed by atoms with Gasteiger partial charge in [-0.1, -0.05) is 35.2 Å². The molecule has 0 aromatic heterocycles. The molecule has 1 fully saturated rings. The van der Waals surface area contributed by atoms with Crippen LogP contribution in [-0.4, -0.2) is 43.6 Å². The lowest BCUT2D eigenvalue weighted by atomic mass is 9.80. The fraction of sp³-hybridized carbons (Fsp3) is 0.588. The van der Waals surface area contributed by atoms with Crippen LogP contribution in [0.3, 0.4) is 0 Å². The molecule has 6 heteroatoms. The van der Waals surface area contributed by atoms with Gasteiger partial charge in [0.25, 0.3) is 5.91 Å². The molecule has 0 unspecified atom stereocenters. The topological polar surface area (TPSA) is 41.6 Å². The molecule has 0 bridgehead atoms. The Kier molecular flexibility index (Phi) is 8.37. The van der Waals surface area contributed by atoms with Crippen molar-refractivity contribution in [2.75, 3.05) is 27.2 Å². The maximum atomic E-state index is 12.0. The number of benzene rings is 1. The van der Waals surface area contributed by atoms with E-state index < -0.39 is 0 Å². The fourth-order valence-electron chi connectivity index (χ4n) is 2.99. The summed E-state index contributed by atoms with van der Waals surface area (Å²) in [7, 11) is 4.21. The number of nitrogens with zero attached hydrogens (tertiary/aromatic N) is 1. The molecule has 0 spiro atoms. The van der Waals surface area contributed by atoms with Crippen molar-refractivity contribution in [3.63, 3.8) is 0 Å². The van der Waals surface area contributed by atoms with Crippen molar-refractivity contribution >= 4 is 34.2 Å². The molecule has 1 aliphatic carbocycles. The second-order valence-electron chi connectivity index (χ2n) is 6.20. The van der Waals surface area contributed by atoms with Gasteiger partial charge in [0.05, 0.1) is 0 Å². The highest BCUT2D eigenvalue weighted by Crippen LogP contribution is 2.31. The third-order valence-corrected chi connectivity index (χ3v) is 5.06. The summed E-state index contributed by atoms with van der Waals surface area (Å²) >= 11 is 3.37. The van der Waals surface area contributed by atoms with E-state index in [9.17, 15) is 4.79 Å². The predicted molar refractivity (Wildman–Crippen MR) is 99.4 cm³/mol. The molecule has 1 aromatic rings. The molecule has 130 valence electrons. The molecular weight excluding hydrogens is 380 g/mol. The van der Waals surface area contributed by atoms with Crippen LogP contribution in [0.2, 0.25) is 0 Å². The number of carbonyl (C=O) groups excluding carboxylic acids is 1. The number of hydrogen-bond donors (Lipinski definition) is 1. The second kappa shape index (κ2) is 9.50.